The molecule has 0 aliphatic carbocycles. The molecule has 0 aromatic carbocycles. The minimum absolute atomic E-state index is 0. The van der Waals surface area contributed by atoms with Gasteiger partial charge in [-0.1, -0.05) is 20.8 Å². The third kappa shape index (κ3) is 7.94. The molecular formula is C8H19LiO6S2Si. The van der Waals surface area contributed by atoms with Gasteiger partial charge in [-0.2, -0.15) is 0 Å². The molecule has 0 aliphatic rings. The van der Waals surface area contributed by atoms with Crippen LogP contribution in [0.5, 0.6) is 0 Å². The molecule has 0 rings (SSSR count). The van der Waals surface area contributed by atoms with Crippen molar-refractivity contribution in [2.45, 2.75) is 38.9 Å². The summed E-state index contributed by atoms with van der Waals surface area (Å²) in [6.07, 6.45) is 0. The fourth-order valence-electron chi connectivity index (χ4n) is 1.44. The Bertz CT molecular complexity index is 420. The molecule has 0 radical (unpaired) electrons. The minimum Gasteiger partial charge on any atom is -0.748 e. The average Bonchev–Trinajstić information content (AvgIpc) is 2.23. The molecule has 0 aromatic heterocycles. The summed E-state index contributed by atoms with van der Waals surface area (Å²) in [5, 5.41) is 0. The molecule has 0 heterocycles. The molecule has 10 heteroatoms. The van der Waals surface area contributed by atoms with Crippen LogP contribution in [0.2, 0.25) is 18.1 Å². The first-order valence-electron chi connectivity index (χ1n) is 5.46. The maximum Gasteiger partial charge on any atom is 1.00 e. The zero-order valence-electron chi connectivity index (χ0n) is 11.3. The third-order valence-corrected chi connectivity index (χ3v) is 10.8. The molecule has 0 aromatic rings. The molecule has 0 bridgehead atoms. The van der Waals surface area contributed by atoms with Gasteiger partial charge in [0.1, 0.15) is 0 Å². The van der Waals surface area contributed by atoms with Crippen LogP contribution in [0.15, 0.2) is 0 Å². The summed E-state index contributed by atoms with van der Waals surface area (Å²) < 4.78 is 59.5. The molecule has 0 spiro atoms. The fraction of sp³-hybridized carbons (Fsp3) is 1.00. The predicted octanol–water partition coefficient (Wildman–Crippen LogP) is -2.11. The van der Waals surface area contributed by atoms with Crippen molar-refractivity contribution < 1.29 is 44.1 Å². The summed E-state index contributed by atoms with van der Waals surface area (Å²) in [6, 6.07) is 1.93. The van der Waals surface area contributed by atoms with Crippen molar-refractivity contribution in [1.82, 2.24) is 0 Å². The van der Waals surface area contributed by atoms with Crippen LogP contribution in [0.25, 0.3) is 0 Å². The summed E-state index contributed by atoms with van der Waals surface area (Å²) >= 11 is 0. The monoisotopic (exact) mass is 310 g/mol. The minimum atomic E-state index is -4.53. The molecule has 6 nitrogen and oxygen atoms in total. The van der Waals surface area contributed by atoms with Gasteiger partial charge in [0, 0.05) is 0 Å². The van der Waals surface area contributed by atoms with E-state index in [0.717, 1.165) is 0 Å². The van der Waals surface area contributed by atoms with E-state index in [-0.39, 0.29) is 18.9 Å². The van der Waals surface area contributed by atoms with Crippen LogP contribution in [0.3, 0.4) is 0 Å². The van der Waals surface area contributed by atoms with Gasteiger partial charge >= 0.3 is 18.9 Å². The molecule has 0 aliphatic heterocycles. The Kier molecular flexibility index (Phi) is 9.35. The summed E-state index contributed by atoms with van der Waals surface area (Å²) in [5.41, 5.74) is 0. The van der Waals surface area contributed by atoms with E-state index in [1.165, 1.54) is 0 Å². The topological polar surface area (TPSA) is 101 Å². The van der Waals surface area contributed by atoms with Gasteiger partial charge in [-0.15, -0.1) is 0 Å². The molecule has 104 valence electrons. The van der Waals surface area contributed by atoms with Crippen LogP contribution < -0.4 is 18.9 Å². The molecule has 18 heavy (non-hydrogen) atoms. The van der Waals surface area contributed by atoms with Crippen molar-refractivity contribution in [2.75, 3.05) is 11.5 Å². The molecule has 0 saturated heterocycles. The van der Waals surface area contributed by atoms with Crippen molar-refractivity contribution in [2.24, 2.45) is 0 Å². The van der Waals surface area contributed by atoms with E-state index >= 15 is 0 Å². The molecule has 0 amide bonds. The Hall–Kier alpha value is 0.634. The van der Waals surface area contributed by atoms with E-state index < -0.39 is 40.1 Å². The van der Waals surface area contributed by atoms with E-state index in [2.05, 4.69) is 0 Å². The van der Waals surface area contributed by atoms with Crippen LogP contribution in [0.4, 0.5) is 0 Å². The molecule has 0 atom stereocenters. The standard InChI is InChI=1S/C8H20O6S2Si.Li/c1-4-17(5-2,6-3)14-16(12,13)8-7-15(9,10)11;/h4-8H2,1-3H3,(H,9,10,11);/q;+1/p-1. The quantitative estimate of drug-likeness (QED) is 0.375. The van der Waals surface area contributed by atoms with Gasteiger partial charge in [0.15, 0.2) is 0 Å². The van der Waals surface area contributed by atoms with Crippen LogP contribution in [-0.4, -0.2) is 41.2 Å². The molecular weight excluding hydrogens is 291 g/mol. The first kappa shape index (κ1) is 20.9. The first-order valence-corrected chi connectivity index (χ1v) is 11.1. The van der Waals surface area contributed by atoms with Crippen LogP contribution in [-0.2, 0) is 24.1 Å². The summed E-state index contributed by atoms with van der Waals surface area (Å²) in [4.78, 5) is 0. The summed E-state index contributed by atoms with van der Waals surface area (Å²) in [7, 11) is -10.8. The predicted molar refractivity (Wildman–Crippen MR) is 66.6 cm³/mol. The molecule has 0 fully saturated rings. The second-order valence-electron chi connectivity index (χ2n) is 3.85. The normalized spacial score (nSPS) is 13.1. The average molecular weight is 310 g/mol. The van der Waals surface area contributed by atoms with E-state index in [1.54, 1.807) is 0 Å². The van der Waals surface area contributed by atoms with Crippen LogP contribution in [0.1, 0.15) is 20.8 Å². The van der Waals surface area contributed by atoms with Crippen LogP contribution in [0, 0.1) is 0 Å². The number of hydrogen-bond donors (Lipinski definition) is 0. The second-order valence-corrected chi connectivity index (χ2v) is 12.1. The third-order valence-electron chi connectivity index (χ3n) is 2.82. The van der Waals surface area contributed by atoms with Crippen molar-refractivity contribution in [1.29, 1.82) is 0 Å². The Labute approximate surface area is 123 Å². The van der Waals surface area contributed by atoms with Gasteiger partial charge in [-0.3, -0.25) is 0 Å². The fourth-order valence-corrected chi connectivity index (χ4v) is 8.48. The Morgan fingerprint density at radius 2 is 1.33 bits per heavy atom. The largest absolute Gasteiger partial charge is 1.00 e. The Morgan fingerprint density at radius 1 is 0.944 bits per heavy atom. The van der Waals surface area contributed by atoms with Crippen molar-refractivity contribution >= 4 is 28.6 Å². The molecule has 0 N–H and O–H groups in total. The van der Waals surface area contributed by atoms with Gasteiger partial charge in [0.2, 0.25) is 8.32 Å². The van der Waals surface area contributed by atoms with E-state index in [9.17, 15) is 21.4 Å². The maximum atomic E-state index is 11.6. The second kappa shape index (κ2) is 8.04. The van der Waals surface area contributed by atoms with Crippen molar-refractivity contribution in [3.8, 4) is 0 Å². The molecule has 0 unspecified atom stereocenters. The van der Waals surface area contributed by atoms with Crippen molar-refractivity contribution in [3.63, 3.8) is 0 Å². The smallest absolute Gasteiger partial charge is 0.748 e. The van der Waals surface area contributed by atoms with E-state index in [4.69, 9.17) is 3.87 Å². The number of rotatable bonds is 8. The van der Waals surface area contributed by atoms with E-state index in [0.29, 0.717) is 18.1 Å². The van der Waals surface area contributed by atoms with Gasteiger partial charge in [-0.25, -0.2) is 16.8 Å². The van der Waals surface area contributed by atoms with Gasteiger partial charge in [-0.05, 0) is 18.1 Å². The van der Waals surface area contributed by atoms with Crippen LogP contribution >= 0.6 is 0 Å². The maximum absolute atomic E-state index is 11.6. The zero-order chi connectivity index (χ0) is 13.7. The Balaban J connectivity index is 0. The van der Waals surface area contributed by atoms with Crippen molar-refractivity contribution in [3.05, 3.63) is 0 Å². The van der Waals surface area contributed by atoms with Gasteiger partial charge in [0.25, 0.3) is 10.1 Å². The molecule has 0 saturated carbocycles. The summed E-state index contributed by atoms with van der Waals surface area (Å²) in [6.45, 7) is 5.58. The SMILES string of the molecule is CC[Si](CC)(CC)OS(=O)(=O)CCS(=O)(=O)[O-].[Li+]. The van der Waals surface area contributed by atoms with Gasteiger partial charge < -0.3 is 8.42 Å². The first-order chi connectivity index (χ1) is 7.60. The van der Waals surface area contributed by atoms with E-state index in [1.807, 2.05) is 20.8 Å². The zero-order valence-corrected chi connectivity index (χ0v) is 13.9. The van der Waals surface area contributed by atoms with Gasteiger partial charge in [0.05, 0.1) is 21.6 Å². The summed E-state index contributed by atoms with van der Waals surface area (Å²) in [5.74, 6) is -1.69. The number of hydrogen-bond acceptors (Lipinski definition) is 6. The Morgan fingerprint density at radius 3 is 1.61 bits per heavy atom.